The highest BCUT2D eigenvalue weighted by Gasteiger charge is 2.15. The van der Waals surface area contributed by atoms with E-state index >= 15 is 0 Å². The van der Waals surface area contributed by atoms with Gasteiger partial charge in [-0.3, -0.25) is 4.79 Å². The molecule has 0 unspecified atom stereocenters. The van der Waals surface area contributed by atoms with E-state index in [1.807, 2.05) is 48.5 Å². The van der Waals surface area contributed by atoms with Crippen LogP contribution < -0.4 is 0 Å². The van der Waals surface area contributed by atoms with Gasteiger partial charge >= 0.3 is 0 Å². The third-order valence-electron chi connectivity index (χ3n) is 3.49. The van der Waals surface area contributed by atoms with E-state index in [-0.39, 0.29) is 0 Å². The van der Waals surface area contributed by atoms with Gasteiger partial charge in [0.1, 0.15) is 0 Å². The molecule has 0 saturated carbocycles. The minimum absolute atomic E-state index is 0.465. The highest BCUT2D eigenvalue weighted by Crippen LogP contribution is 2.34. The summed E-state index contributed by atoms with van der Waals surface area (Å²) in [7, 11) is 0. The molecular weight excluding hydrogens is 280 g/mol. The molecule has 0 aliphatic rings. The van der Waals surface area contributed by atoms with Crippen molar-refractivity contribution >= 4 is 27.6 Å². The maximum Gasteiger partial charge on any atom is 0.253 e. The highest BCUT2D eigenvalue weighted by molar-refractivity contribution is 6.68. The normalized spacial score (nSPS) is 10.3. The van der Waals surface area contributed by atoms with E-state index in [0.29, 0.717) is 5.56 Å². The first kappa shape index (κ1) is 13.4. The lowest BCUT2D eigenvalue weighted by molar-refractivity contribution is 0.108. The van der Waals surface area contributed by atoms with Gasteiger partial charge in [0.25, 0.3) is 5.24 Å². The molecule has 0 aromatic heterocycles. The number of benzene rings is 3. The molecule has 0 N–H and O–H groups in total. The van der Waals surface area contributed by atoms with E-state index in [1.54, 1.807) is 12.1 Å². The molecule has 0 bridgehead atoms. The van der Waals surface area contributed by atoms with Crippen molar-refractivity contribution in [3.8, 4) is 23.5 Å². The molecule has 21 heavy (non-hydrogen) atoms. The second kappa shape index (κ2) is 5.44. The first-order valence-corrected chi connectivity index (χ1v) is 6.88. The van der Waals surface area contributed by atoms with E-state index in [2.05, 4.69) is 5.92 Å². The molecule has 100 valence electrons. The number of carbonyl (C=O) groups is 1. The Morgan fingerprint density at radius 3 is 2.43 bits per heavy atom. The van der Waals surface area contributed by atoms with E-state index in [1.165, 1.54) is 0 Å². The van der Waals surface area contributed by atoms with Crippen LogP contribution in [0.5, 0.6) is 0 Å². The van der Waals surface area contributed by atoms with Crippen LogP contribution in [-0.2, 0) is 0 Å². The third-order valence-corrected chi connectivity index (χ3v) is 3.70. The maximum absolute atomic E-state index is 11.7. The van der Waals surface area contributed by atoms with Crippen molar-refractivity contribution in [2.45, 2.75) is 0 Å². The van der Waals surface area contributed by atoms with E-state index in [9.17, 15) is 4.79 Å². The lowest BCUT2D eigenvalue weighted by Gasteiger charge is -2.12. The predicted octanol–water partition coefficient (Wildman–Crippen LogP) is 4.87. The van der Waals surface area contributed by atoms with Gasteiger partial charge in [0, 0.05) is 16.7 Å². The summed E-state index contributed by atoms with van der Waals surface area (Å²) in [5, 5.41) is 1.60. The fraction of sp³-hybridized carbons (Fsp3) is 0. The summed E-state index contributed by atoms with van der Waals surface area (Å²) in [6.45, 7) is 0. The van der Waals surface area contributed by atoms with Crippen LogP contribution in [-0.4, -0.2) is 5.24 Å². The van der Waals surface area contributed by atoms with Gasteiger partial charge in [0.2, 0.25) is 0 Å². The number of hydrogen-bond acceptors (Lipinski definition) is 1. The number of fused-ring (bicyclic) bond motifs is 1. The average Bonchev–Trinajstić information content (AvgIpc) is 2.53. The van der Waals surface area contributed by atoms with Crippen molar-refractivity contribution in [3.05, 3.63) is 71.8 Å². The van der Waals surface area contributed by atoms with Crippen molar-refractivity contribution in [3.63, 3.8) is 0 Å². The largest absolute Gasteiger partial charge is 0.276 e. The summed E-state index contributed by atoms with van der Waals surface area (Å²) in [4.78, 5) is 11.7. The zero-order valence-electron chi connectivity index (χ0n) is 11.1. The Labute approximate surface area is 128 Å². The Bertz CT molecular complexity index is 887. The molecule has 1 nitrogen and oxygen atoms in total. The number of hydrogen-bond donors (Lipinski definition) is 0. The summed E-state index contributed by atoms with van der Waals surface area (Å²) >= 11 is 5.71. The molecular formula is C19H11ClO. The molecule has 0 spiro atoms. The first-order chi connectivity index (χ1) is 10.2. The van der Waals surface area contributed by atoms with Crippen molar-refractivity contribution in [1.29, 1.82) is 0 Å². The highest BCUT2D eigenvalue weighted by atomic mass is 35.5. The van der Waals surface area contributed by atoms with Gasteiger partial charge in [-0.25, -0.2) is 0 Å². The van der Waals surface area contributed by atoms with Crippen LogP contribution in [0.4, 0.5) is 0 Å². The maximum atomic E-state index is 11.7. The monoisotopic (exact) mass is 290 g/mol. The molecule has 0 fully saturated rings. The van der Waals surface area contributed by atoms with Crippen LogP contribution in [0.3, 0.4) is 0 Å². The first-order valence-electron chi connectivity index (χ1n) is 6.50. The van der Waals surface area contributed by atoms with Crippen LogP contribution in [0.15, 0.2) is 60.7 Å². The molecule has 0 aliphatic heterocycles. The zero-order valence-corrected chi connectivity index (χ0v) is 11.9. The van der Waals surface area contributed by atoms with E-state index < -0.39 is 5.24 Å². The molecule has 0 aliphatic carbocycles. The van der Waals surface area contributed by atoms with E-state index in [0.717, 1.165) is 27.5 Å². The summed E-state index contributed by atoms with van der Waals surface area (Å²) in [5.74, 6) is 2.70. The Hall–Kier alpha value is -2.56. The second-order valence-corrected chi connectivity index (χ2v) is 5.02. The summed E-state index contributed by atoms with van der Waals surface area (Å²) in [6, 6.07) is 19.1. The SMILES string of the molecule is C#Cc1ccc2ccccc2c1-c1ccccc1C(=O)Cl. The van der Waals surface area contributed by atoms with Crippen LogP contribution in [0, 0.1) is 12.3 Å². The van der Waals surface area contributed by atoms with Gasteiger partial charge in [0.15, 0.2) is 0 Å². The van der Waals surface area contributed by atoms with Crippen LogP contribution >= 0.6 is 11.6 Å². The predicted molar refractivity (Wildman–Crippen MR) is 87.5 cm³/mol. The standard InChI is InChI=1S/C19H11ClO/c1-2-13-11-12-14-7-3-4-8-15(14)18(13)16-9-5-6-10-17(16)19(20)21/h1,3-12H. The molecule has 0 atom stereocenters. The smallest absolute Gasteiger partial charge is 0.253 e. The fourth-order valence-electron chi connectivity index (χ4n) is 2.55. The second-order valence-electron chi connectivity index (χ2n) is 4.67. The lowest BCUT2D eigenvalue weighted by Crippen LogP contribution is -1.96. The average molecular weight is 291 g/mol. The van der Waals surface area contributed by atoms with Gasteiger partial charge in [-0.2, -0.15) is 0 Å². The molecule has 0 saturated heterocycles. The van der Waals surface area contributed by atoms with Crippen molar-refractivity contribution in [1.82, 2.24) is 0 Å². The number of terminal acetylenes is 1. The summed E-state index contributed by atoms with van der Waals surface area (Å²) in [5.41, 5.74) is 2.86. The molecule has 0 heterocycles. The lowest BCUT2D eigenvalue weighted by atomic mass is 9.91. The third kappa shape index (κ3) is 2.31. The molecule has 2 heteroatoms. The Balaban J connectivity index is 2.45. The molecule has 3 rings (SSSR count). The van der Waals surface area contributed by atoms with Crippen LogP contribution in [0.2, 0.25) is 0 Å². The summed E-state index contributed by atoms with van der Waals surface area (Å²) < 4.78 is 0. The topological polar surface area (TPSA) is 17.1 Å². The molecule has 3 aromatic rings. The molecule has 0 amide bonds. The Kier molecular flexibility index (Phi) is 3.48. The van der Waals surface area contributed by atoms with Gasteiger partial charge in [-0.1, -0.05) is 54.5 Å². The number of carbonyl (C=O) groups excluding carboxylic acids is 1. The van der Waals surface area contributed by atoms with Crippen molar-refractivity contribution < 1.29 is 4.79 Å². The fourth-order valence-corrected chi connectivity index (χ4v) is 2.72. The van der Waals surface area contributed by atoms with Crippen molar-refractivity contribution in [2.24, 2.45) is 0 Å². The minimum atomic E-state index is -0.485. The van der Waals surface area contributed by atoms with Gasteiger partial charge in [0.05, 0.1) is 0 Å². The minimum Gasteiger partial charge on any atom is -0.276 e. The molecule has 0 radical (unpaired) electrons. The van der Waals surface area contributed by atoms with Crippen molar-refractivity contribution in [2.75, 3.05) is 0 Å². The van der Waals surface area contributed by atoms with Crippen LogP contribution in [0.25, 0.3) is 21.9 Å². The van der Waals surface area contributed by atoms with Gasteiger partial charge in [-0.15, -0.1) is 6.42 Å². The Morgan fingerprint density at radius 1 is 0.952 bits per heavy atom. The number of rotatable bonds is 2. The van der Waals surface area contributed by atoms with Crippen LogP contribution in [0.1, 0.15) is 15.9 Å². The number of halogens is 1. The molecule has 3 aromatic carbocycles. The van der Waals surface area contributed by atoms with Gasteiger partial charge < -0.3 is 0 Å². The quantitative estimate of drug-likeness (QED) is 0.486. The Morgan fingerprint density at radius 2 is 1.67 bits per heavy atom. The van der Waals surface area contributed by atoms with E-state index in [4.69, 9.17) is 18.0 Å². The zero-order chi connectivity index (χ0) is 14.8. The van der Waals surface area contributed by atoms with Gasteiger partial charge in [-0.05, 0) is 40.1 Å². The summed E-state index contributed by atoms with van der Waals surface area (Å²) in [6.07, 6.45) is 5.64.